The van der Waals surface area contributed by atoms with Gasteiger partial charge in [0, 0.05) is 25.0 Å². The predicted octanol–water partition coefficient (Wildman–Crippen LogP) is 1.92. The van der Waals surface area contributed by atoms with Gasteiger partial charge in [0.1, 0.15) is 0 Å². The Balaban J connectivity index is 1.81. The molecule has 20 heavy (non-hydrogen) atoms. The van der Waals surface area contributed by atoms with Gasteiger partial charge in [0.05, 0.1) is 12.1 Å². The summed E-state index contributed by atoms with van der Waals surface area (Å²) in [6, 6.07) is 0.305. The van der Waals surface area contributed by atoms with Crippen LogP contribution in [0.5, 0.6) is 0 Å². The molecule has 0 aromatic carbocycles. The molecule has 0 aromatic rings. The fraction of sp³-hybridized carbons (Fsp3) is 0.938. The van der Waals surface area contributed by atoms with Crippen molar-refractivity contribution in [3.63, 3.8) is 0 Å². The molecule has 4 nitrogen and oxygen atoms in total. The van der Waals surface area contributed by atoms with Crippen LogP contribution in [0.15, 0.2) is 0 Å². The van der Waals surface area contributed by atoms with E-state index in [-0.39, 0.29) is 5.91 Å². The number of carbonyl (C=O) groups excluding carboxylic acids is 1. The fourth-order valence-corrected chi connectivity index (χ4v) is 3.75. The van der Waals surface area contributed by atoms with E-state index in [1.165, 1.54) is 6.42 Å². The summed E-state index contributed by atoms with van der Waals surface area (Å²) in [7, 11) is 0. The lowest BCUT2D eigenvalue weighted by Gasteiger charge is -2.47. The average Bonchev–Trinajstić information content (AvgIpc) is 2.45. The Bertz CT molecular complexity index is 330. The van der Waals surface area contributed by atoms with Crippen molar-refractivity contribution in [3.05, 3.63) is 0 Å². The van der Waals surface area contributed by atoms with Crippen LogP contribution in [0.1, 0.15) is 58.8 Å². The molecular formula is C16H30N2O2. The van der Waals surface area contributed by atoms with E-state index in [1.807, 2.05) is 0 Å². The first-order valence-corrected chi connectivity index (χ1v) is 8.31. The van der Waals surface area contributed by atoms with Crippen LogP contribution in [0.2, 0.25) is 0 Å². The number of rotatable bonds is 5. The highest BCUT2D eigenvalue weighted by Crippen LogP contribution is 2.39. The SMILES string of the molecule is CCC(CC)NC(=O)CN1CCC2(O)CCCCC2C1. The van der Waals surface area contributed by atoms with Crippen molar-refractivity contribution in [1.82, 2.24) is 10.2 Å². The molecular weight excluding hydrogens is 252 g/mol. The van der Waals surface area contributed by atoms with Gasteiger partial charge in [-0.1, -0.05) is 26.7 Å². The summed E-state index contributed by atoms with van der Waals surface area (Å²) in [6.45, 7) is 6.44. The van der Waals surface area contributed by atoms with E-state index in [0.717, 1.165) is 51.6 Å². The molecule has 1 heterocycles. The van der Waals surface area contributed by atoms with Gasteiger partial charge in [-0.2, -0.15) is 0 Å². The van der Waals surface area contributed by atoms with E-state index in [2.05, 4.69) is 24.1 Å². The molecule has 1 aliphatic carbocycles. The van der Waals surface area contributed by atoms with Crippen molar-refractivity contribution in [3.8, 4) is 0 Å². The minimum Gasteiger partial charge on any atom is -0.390 e. The lowest BCUT2D eigenvalue weighted by molar-refractivity contribution is -0.128. The predicted molar refractivity (Wildman–Crippen MR) is 80.5 cm³/mol. The molecule has 4 heteroatoms. The molecule has 0 aromatic heterocycles. The normalized spacial score (nSPS) is 31.1. The van der Waals surface area contributed by atoms with E-state index >= 15 is 0 Å². The molecule has 0 bridgehead atoms. The highest BCUT2D eigenvalue weighted by atomic mass is 16.3. The number of aliphatic hydroxyl groups is 1. The van der Waals surface area contributed by atoms with Crippen LogP contribution in [0.3, 0.4) is 0 Å². The number of piperidine rings is 1. The van der Waals surface area contributed by atoms with Gasteiger partial charge >= 0.3 is 0 Å². The molecule has 2 rings (SSSR count). The zero-order chi connectivity index (χ0) is 14.6. The van der Waals surface area contributed by atoms with E-state index < -0.39 is 5.60 Å². The van der Waals surface area contributed by atoms with Gasteiger partial charge < -0.3 is 10.4 Å². The second kappa shape index (κ2) is 6.90. The summed E-state index contributed by atoms with van der Waals surface area (Å²) < 4.78 is 0. The minimum absolute atomic E-state index is 0.139. The number of nitrogens with one attached hydrogen (secondary N) is 1. The maximum absolute atomic E-state index is 12.1. The number of carbonyl (C=O) groups is 1. The van der Waals surface area contributed by atoms with Crippen LogP contribution in [0.25, 0.3) is 0 Å². The van der Waals surface area contributed by atoms with Gasteiger partial charge in [-0.3, -0.25) is 9.69 Å². The zero-order valence-electron chi connectivity index (χ0n) is 13.0. The number of fused-ring (bicyclic) bond motifs is 1. The summed E-state index contributed by atoms with van der Waals surface area (Å²) in [5, 5.41) is 13.7. The first kappa shape index (κ1) is 15.8. The summed E-state index contributed by atoms with van der Waals surface area (Å²) >= 11 is 0. The molecule has 2 unspecified atom stereocenters. The molecule has 1 aliphatic heterocycles. The monoisotopic (exact) mass is 282 g/mol. The Morgan fingerprint density at radius 2 is 2.10 bits per heavy atom. The zero-order valence-corrected chi connectivity index (χ0v) is 13.0. The number of likely N-dealkylation sites (tertiary alicyclic amines) is 1. The van der Waals surface area contributed by atoms with Crippen LogP contribution in [-0.2, 0) is 4.79 Å². The van der Waals surface area contributed by atoms with E-state index in [0.29, 0.717) is 18.5 Å². The van der Waals surface area contributed by atoms with Crippen LogP contribution >= 0.6 is 0 Å². The quantitative estimate of drug-likeness (QED) is 0.810. The van der Waals surface area contributed by atoms with Crippen molar-refractivity contribution in [2.24, 2.45) is 5.92 Å². The van der Waals surface area contributed by atoms with Crippen molar-refractivity contribution < 1.29 is 9.90 Å². The van der Waals surface area contributed by atoms with Gasteiger partial charge in [-0.25, -0.2) is 0 Å². The highest BCUT2D eigenvalue weighted by molar-refractivity contribution is 5.78. The van der Waals surface area contributed by atoms with E-state index in [4.69, 9.17) is 0 Å². The van der Waals surface area contributed by atoms with Crippen molar-refractivity contribution in [2.45, 2.75) is 70.4 Å². The van der Waals surface area contributed by atoms with Gasteiger partial charge in [0.15, 0.2) is 0 Å². The van der Waals surface area contributed by atoms with Gasteiger partial charge in [0.25, 0.3) is 0 Å². The molecule has 1 saturated heterocycles. The molecule has 1 amide bonds. The first-order chi connectivity index (χ1) is 9.57. The summed E-state index contributed by atoms with van der Waals surface area (Å²) in [6.07, 6.45) is 7.25. The molecule has 116 valence electrons. The molecule has 0 radical (unpaired) electrons. The Hall–Kier alpha value is -0.610. The smallest absolute Gasteiger partial charge is 0.234 e. The van der Waals surface area contributed by atoms with Crippen molar-refractivity contribution >= 4 is 5.91 Å². The van der Waals surface area contributed by atoms with Crippen LogP contribution in [0.4, 0.5) is 0 Å². The van der Waals surface area contributed by atoms with Gasteiger partial charge in [0.2, 0.25) is 5.91 Å². The van der Waals surface area contributed by atoms with E-state index in [9.17, 15) is 9.90 Å². The van der Waals surface area contributed by atoms with Crippen LogP contribution < -0.4 is 5.32 Å². The average molecular weight is 282 g/mol. The second-order valence-corrected chi connectivity index (χ2v) is 6.61. The molecule has 2 fully saturated rings. The third kappa shape index (κ3) is 3.73. The molecule has 2 atom stereocenters. The number of amides is 1. The van der Waals surface area contributed by atoms with Crippen molar-refractivity contribution in [1.29, 1.82) is 0 Å². The number of hydrogen-bond acceptors (Lipinski definition) is 3. The fourth-order valence-electron chi connectivity index (χ4n) is 3.75. The largest absolute Gasteiger partial charge is 0.390 e. The first-order valence-electron chi connectivity index (χ1n) is 8.31. The number of hydrogen-bond donors (Lipinski definition) is 2. The lowest BCUT2D eigenvalue weighted by Crippen LogP contribution is -2.55. The number of nitrogens with zero attached hydrogens (tertiary/aromatic N) is 1. The Kier molecular flexibility index (Phi) is 5.44. The van der Waals surface area contributed by atoms with Crippen LogP contribution in [-0.4, -0.2) is 47.2 Å². The molecule has 2 aliphatic rings. The second-order valence-electron chi connectivity index (χ2n) is 6.61. The third-order valence-corrected chi connectivity index (χ3v) is 5.23. The molecule has 1 saturated carbocycles. The third-order valence-electron chi connectivity index (χ3n) is 5.23. The van der Waals surface area contributed by atoms with E-state index in [1.54, 1.807) is 0 Å². The molecule has 2 N–H and O–H groups in total. The van der Waals surface area contributed by atoms with Crippen LogP contribution in [0, 0.1) is 5.92 Å². The van der Waals surface area contributed by atoms with Gasteiger partial charge in [-0.15, -0.1) is 0 Å². The minimum atomic E-state index is -0.444. The maximum atomic E-state index is 12.1. The highest BCUT2D eigenvalue weighted by Gasteiger charge is 2.42. The maximum Gasteiger partial charge on any atom is 0.234 e. The van der Waals surface area contributed by atoms with Gasteiger partial charge in [-0.05, 0) is 32.1 Å². The summed E-state index contributed by atoms with van der Waals surface area (Å²) in [4.78, 5) is 14.3. The summed E-state index contributed by atoms with van der Waals surface area (Å²) in [5.74, 6) is 0.505. The summed E-state index contributed by atoms with van der Waals surface area (Å²) in [5.41, 5.74) is -0.444. The Morgan fingerprint density at radius 1 is 1.35 bits per heavy atom. The van der Waals surface area contributed by atoms with Crippen molar-refractivity contribution in [2.75, 3.05) is 19.6 Å². The molecule has 0 spiro atoms. The Labute approximate surface area is 122 Å². The topological polar surface area (TPSA) is 52.6 Å². The Morgan fingerprint density at radius 3 is 2.80 bits per heavy atom. The standard InChI is InChI=1S/C16H30N2O2/c1-3-14(4-2)17-15(19)12-18-10-9-16(20)8-6-5-7-13(16)11-18/h13-14,20H,3-12H2,1-2H3,(H,17,19). The lowest BCUT2D eigenvalue weighted by atomic mass is 9.71.